The summed E-state index contributed by atoms with van der Waals surface area (Å²) in [6.45, 7) is 5.56. The second-order valence-electron chi connectivity index (χ2n) is 7.13. The van der Waals surface area contributed by atoms with Crippen molar-refractivity contribution in [1.29, 1.82) is 0 Å². The molecule has 1 atom stereocenters. The Morgan fingerprint density at radius 3 is 2.92 bits per heavy atom. The zero-order chi connectivity index (χ0) is 18.5. The molecule has 8 heteroatoms. The molecule has 0 bridgehead atoms. The van der Waals surface area contributed by atoms with E-state index in [0.717, 1.165) is 37.4 Å². The predicted molar refractivity (Wildman–Crippen MR) is 99.6 cm³/mol. The molecule has 2 saturated heterocycles. The van der Waals surface area contributed by atoms with Crippen LogP contribution in [-0.4, -0.2) is 73.5 Å². The molecule has 0 saturated carbocycles. The number of aromatic nitrogens is 2. The number of likely N-dealkylation sites (N-methyl/N-ethyl adjacent to an activating group) is 1. The number of amides is 1. The van der Waals surface area contributed by atoms with E-state index in [1.807, 2.05) is 22.9 Å². The molecule has 8 nitrogen and oxygen atoms in total. The predicted octanol–water partition coefficient (Wildman–Crippen LogP) is 0.514. The maximum Gasteiger partial charge on any atom is 0.239 e. The van der Waals surface area contributed by atoms with Gasteiger partial charge < -0.3 is 25.0 Å². The van der Waals surface area contributed by atoms with Gasteiger partial charge in [0.15, 0.2) is 0 Å². The average Bonchev–Trinajstić information content (AvgIpc) is 3.13. The van der Waals surface area contributed by atoms with E-state index in [4.69, 9.17) is 9.72 Å². The monoisotopic (exact) mass is 363 g/mol. The largest absolute Gasteiger partial charge is 0.389 e. The fourth-order valence-corrected chi connectivity index (χ4v) is 3.13. The SMILES string of the molecule is CCCCNC(=O)CN(C)c1cc([C@H]2CCOC2)nc(N2CC(O)C2)n1. The van der Waals surface area contributed by atoms with E-state index in [1.165, 1.54) is 0 Å². The van der Waals surface area contributed by atoms with Gasteiger partial charge in [0.2, 0.25) is 11.9 Å². The molecule has 26 heavy (non-hydrogen) atoms. The summed E-state index contributed by atoms with van der Waals surface area (Å²) in [6, 6.07) is 1.96. The van der Waals surface area contributed by atoms with E-state index >= 15 is 0 Å². The van der Waals surface area contributed by atoms with Gasteiger partial charge in [-0.3, -0.25) is 4.79 Å². The molecule has 2 aliphatic rings. The molecule has 0 radical (unpaired) electrons. The summed E-state index contributed by atoms with van der Waals surface area (Å²) in [5, 5.41) is 12.5. The third-order valence-corrected chi connectivity index (χ3v) is 4.84. The van der Waals surface area contributed by atoms with Gasteiger partial charge in [-0.25, -0.2) is 4.98 Å². The minimum absolute atomic E-state index is 0.00812. The molecular formula is C18H29N5O3. The average molecular weight is 363 g/mol. The third kappa shape index (κ3) is 4.62. The summed E-state index contributed by atoms with van der Waals surface area (Å²) in [4.78, 5) is 25.2. The number of aliphatic hydroxyl groups is 1. The van der Waals surface area contributed by atoms with Crippen LogP contribution in [0.3, 0.4) is 0 Å². The van der Waals surface area contributed by atoms with Crippen molar-refractivity contribution in [3.63, 3.8) is 0 Å². The van der Waals surface area contributed by atoms with E-state index in [9.17, 15) is 9.90 Å². The number of β-amino-alcohol motifs (C(OH)–C–C–N with tert-alkyl or cyclic N) is 1. The number of anilines is 2. The molecule has 1 aromatic heterocycles. The van der Waals surface area contributed by atoms with Crippen LogP contribution >= 0.6 is 0 Å². The molecular weight excluding hydrogens is 334 g/mol. The van der Waals surface area contributed by atoms with Crippen molar-refractivity contribution in [1.82, 2.24) is 15.3 Å². The van der Waals surface area contributed by atoms with Gasteiger partial charge in [-0.05, 0) is 12.8 Å². The lowest BCUT2D eigenvalue weighted by molar-refractivity contribution is -0.119. The van der Waals surface area contributed by atoms with Crippen molar-refractivity contribution in [2.24, 2.45) is 0 Å². The Morgan fingerprint density at radius 1 is 1.46 bits per heavy atom. The van der Waals surface area contributed by atoms with Gasteiger partial charge in [-0.15, -0.1) is 0 Å². The number of aliphatic hydroxyl groups excluding tert-OH is 1. The number of hydrogen-bond acceptors (Lipinski definition) is 7. The highest BCUT2D eigenvalue weighted by Crippen LogP contribution is 2.29. The van der Waals surface area contributed by atoms with Crippen LogP contribution in [0.15, 0.2) is 6.07 Å². The summed E-state index contributed by atoms with van der Waals surface area (Å²) in [7, 11) is 1.87. The summed E-state index contributed by atoms with van der Waals surface area (Å²) in [5.41, 5.74) is 0.946. The van der Waals surface area contributed by atoms with E-state index < -0.39 is 0 Å². The molecule has 0 aromatic carbocycles. The number of nitrogens with zero attached hydrogens (tertiary/aromatic N) is 4. The van der Waals surface area contributed by atoms with E-state index in [1.54, 1.807) is 0 Å². The zero-order valence-electron chi connectivity index (χ0n) is 15.6. The molecule has 3 rings (SSSR count). The van der Waals surface area contributed by atoms with Crippen LogP contribution in [0.2, 0.25) is 0 Å². The fraction of sp³-hybridized carbons (Fsp3) is 0.722. The lowest BCUT2D eigenvalue weighted by atomic mass is 10.0. The van der Waals surface area contributed by atoms with Crippen LogP contribution in [0, 0.1) is 0 Å². The van der Waals surface area contributed by atoms with Gasteiger partial charge >= 0.3 is 0 Å². The topological polar surface area (TPSA) is 90.8 Å². The first-order valence-corrected chi connectivity index (χ1v) is 9.44. The van der Waals surface area contributed by atoms with Crippen LogP contribution in [0.4, 0.5) is 11.8 Å². The van der Waals surface area contributed by atoms with Crippen LogP contribution in [0.25, 0.3) is 0 Å². The van der Waals surface area contributed by atoms with Crippen molar-refractivity contribution >= 4 is 17.7 Å². The second-order valence-corrected chi connectivity index (χ2v) is 7.13. The van der Waals surface area contributed by atoms with Crippen LogP contribution in [0.5, 0.6) is 0 Å². The summed E-state index contributed by atoms with van der Waals surface area (Å²) >= 11 is 0. The summed E-state index contributed by atoms with van der Waals surface area (Å²) < 4.78 is 5.50. The lowest BCUT2D eigenvalue weighted by Gasteiger charge is -2.36. The normalized spacial score (nSPS) is 20.1. The van der Waals surface area contributed by atoms with E-state index in [0.29, 0.717) is 32.2 Å². The van der Waals surface area contributed by atoms with Crippen molar-refractivity contribution in [2.75, 3.05) is 56.2 Å². The van der Waals surface area contributed by atoms with Crippen molar-refractivity contribution < 1.29 is 14.6 Å². The molecule has 0 spiro atoms. The van der Waals surface area contributed by atoms with Gasteiger partial charge in [0.25, 0.3) is 0 Å². The van der Waals surface area contributed by atoms with Crippen molar-refractivity contribution in [3.8, 4) is 0 Å². The number of ether oxygens (including phenoxy) is 1. The van der Waals surface area contributed by atoms with Gasteiger partial charge in [0, 0.05) is 45.3 Å². The quantitative estimate of drug-likeness (QED) is 0.651. The van der Waals surface area contributed by atoms with Crippen LogP contribution in [-0.2, 0) is 9.53 Å². The second kappa shape index (κ2) is 8.64. The number of hydrogen-bond donors (Lipinski definition) is 2. The summed E-state index contributed by atoms with van der Waals surface area (Å²) in [6.07, 6.45) is 2.66. The molecule has 0 unspecified atom stereocenters. The van der Waals surface area contributed by atoms with Gasteiger partial charge in [-0.1, -0.05) is 13.3 Å². The van der Waals surface area contributed by atoms with Crippen molar-refractivity contribution in [3.05, 3.63) is 11.8 Å². The summed E-state index contributed by atoms with van der Waals surface area (Å²) in [5.74, 6) is 1.59. The fourth-order valence-electron chi connectivity index (χ4n) is 3.13. The molecule has 0 aliphatic carbocycles. The maximum absolute atomic E-state index is 12.1. The van der Waals surface area contributed by atoms with E-state index in [2.05, 4.69) is 17.2 Å². The molecule has 2 N–H and O–H groups in total. The Kier molecular flexibility index (Phi) is 6.26. The Labute approximate surface area is 154 Å². The Balaban J connectivity index is 1.72. The molecule has 1 aromatic rings. The smallest absolute Gasteiger partial charge is 0.239 e. The highest BCUT2D eigenvalue weighted by Gasteiger charge is 2.29. The number of rotatable bonds is 8. The molecule has 3 heterocycles. The Morgan fingerprint density at radius 2 is 2.27 bits per heavy atom. The first-order valence-electron chi connectivity index (χ1n) is 9.44. The zero-order valence-corrected chi connectivity index (χ0v) is 15.6. The first-order chi connectivity index (χ1) is 12.6. The molecule has 2 fully saturated rings. The molecule has 144 valence electrons. The number of carbonyl (C=O) groups is 1. The first kappa shape index (κ1) is 18.8. The lowest BCUT2D eigenvalue weighted by Crippen LogP contribution is -2.51. The molecule has 1 amide bonds. The Bertz CT molecular complexity index is 615. The van der Waals surface area contributed by atoms with Gasteiger partial charge in [-0.2, -0.15) is 4.98 Å². The highest BCUT2D eigenvalue weighted by atomic mass is 16.5. The minimum Gasteiger partial charge on any atom is -0.389 e. The third-order valence-electron chi connectivity index (χ3n) is 4.84. The minimum atomic E-state index is -0.317. The van der Waals surface area contributed by atoms with E-state index in [-0.39, 0.29) is 24.5 Å². The molecule has 2 aliphatic heterocycles. The number of unbranched alkanes of at least 4 members (excludes halogenated alkanes) is 1. The van der Waals surface area contributed by atoms with Crippen molar-refractivity contribution in [2.45, 2.75) is 38.2 Å². The van der Waals surface area contributed by atoms with Gasteiger partial charge in [0.05, 0.1) is 24.9 Å². The van der Waals surface area contributed by atoms with Crippen LogP contribution < -0.4 is 15.1 Å². The maximum atomic E-state index is 12.1. The van der Waals surface area contributed by atoms with Gasteiger partial charge in [0.1, 0.15) is 5.82 Å². The standard InChI is InChI=1S/C18H29N5O3/c1-3-4-6-19-17(25)11-22(2)16-8-15(13-5-7-26-12-13)20-18(21-16)23-9-14(24)10-23/h8,13-14,24H,3-7,9-12H2,1-2H3,(H,19,25)/t13-/m0/s1. The Hall–Kier alpha value is -1.93. The van der Waals surface area contributed by atoms with Crippen LogP contribution in [0.1, 0.15) is 37.8 Å². The highest BCUT2D eigenvalue weighted by molar-refractivity contribution is 5.80. The number of carbonyl (C=O) groups excluding carboxylic acids is 1. The number of nitrogens with one attached hydrogen (secondary N) is 1.